The standard InChI is InChI=1S/C13H17Cl2N3O/c1-17-13(19)11-4-2-3-5-18(11)12-9(14)6-8(16)7-10(12)15/h6-7,11H,2-5,16H2,1H3,(H,17,19). The summed E-state index contributed by atoms with van der Waals surface area (Å²) in [4.78, 5) is 14.0. The average Bonchev–Trinajstić information content (AvgIpc) is 2.37. The number of carbonyl (C=O) groups excluding carboxylic acids is 1. The molecule has 1 aliphatic heterocycles. The third kappa shape index (κ3) is 2.90. The first-order valence-electron chi connectivity index (χ1n) is 6.27. The molecule has 1 aromatic carbocycles. The molecule has 2 rings (SSSR count). The van der Waals surface area contributed by atoms with Gasteiger partial charge < -0.3 is 16.0 Å². The van der Waals surface area contributed by atoms with Gasteiger partial charge >= 0.3 is 0 Å². The summed E-state index contributed by atoms with van der Waals surface area (Å²) in [5.41, 5.74) is 6.93. The molecule has 6 heteroatoms. The molecule has 0 aromatic heterocycles. The fourth-order valence-electron chi connectivity index (χ4n) is 2.50. The minimum Gasteiger partial charge on any atom is -0.399 e. The number of hydrogen-bond acceptors (Lipinski definition) is 3. The number of likely N-dealkylation sites (N-methyl/N-ethyl adjacent to an activating group) is 1. The number of benzene rings is 1. The number of rotatable bonds is 2. The number of amides is 1. The topological polar surface area (TPSA) is 58.4 Å². The molecule has 0 bridgehead atoms. The lowest BCUT2D eigenvalue weighted by Crippen LogP contribution is -2.49. The minimum absolute atomic E-state index is 0.0105. The highest BCUT2D eigenvalue weighted by atomic mass is 35.5. The van der Waals surface area contributed by atoms with E-state index >= 15 is 0 Å². The third-order valence-corrected chi connectivity index (χ3v) is 3.95. The predicted octanol–water partition coefficient (Wildman–Crippen LogP) is 2.68. The van der Waals surface area contributed by atoms with E-state index < -0.39 is 0 Å². The van der Waals surface area contributed by atoms with Gasteiger partial charge in [0.05, 0.1) is 15.7 Å². The first kappa shape index (κ1) is 14.3. The highest BCUT2D eigenvalue weighted by molar-refractivity contribution is 6.39. The number of halogens is 2. The van der Waals surface area contributed by atoms with Crippen LogP contribution in [-0.4, -0.2) is 25.5 Å². The van der Waals surface area contributed by atoms with Crippen molar-refractivity contribution in [3.05, 3.63) is 22.2 Å². The number of nitrogens with one attached hydrogen (secondary N) is 1. The first-order chi connectivity index (χ1) is 9.04. The van der Waals surface area contributed by atoms with Crippen LogP contribution in [0.4, 0.5) is 11.4 Å². The second kappa shape index (κ2) is 5.88. The summed E-state index contributed by atoms with van der Waals surface area (Å²) in [6, 6.07) is 3.11. The fraction of sp³-hybridized carbons (Fsp3) is 0.462. The fourth-order valence-corrected chi connectivity index (χ4v) is 3.22. The van der Waals surface area contributed by atoms with Crippen molar-refractivity contribution in [3.63, 3.8) is 0 Å². The molecular weight excluding hydrogens is 285 g/mol. The SMILES string of the molecule is CNC(=O)C1CCCCN1c1c(Cl)cc(N)cc1Cl. The molecule has 0 saturated carbocycles. The maximum absolute atomic E-state index is 12.0. The average molecular weight is 302 g/mol. The molecule has 19 heavy (non-hydrogen) atoms. The van der Waals surface area contributed by atoms with Gasteiger partial charge in [0.15, 0.2) is 0 Å². The van der Waals surface area contributed by atoms with Crippen LogP contribution in [0, 0.1) is 0 Å². The Hall–Kier alpha value is -1.13. The summed E-state index contributed by atoms with van der Waals surface area (Å²) in [6.45, 7) is 0.765. The van der Waals surface area contributed by atoms with Crippen molar-refractivity contribution in [3.8, 4) is 0 Å². The summed E-state index contributed by atoms with van der Waals surface area (Å²) in [5.74, 6) is -0.0105. The maximum atomic E-state index is 12.0. The summed E-state index contributed by atoms with van der Waals surface area (Å²) in [5, 5.41) is 3.67. The van der Waals surface area contributed by atoms with Gasteiger partial charge in [-0.3, -0.25) is 4.79 Å². The van der Waals surface area contributed by atoms with E-state index in [9.17, 15) is 4.79 Å². The minimum atomic E-state index is -0.225. The summed E-state index contributed by atoms with van der Waals surface area (Å²) >= 11 is 12.5. The largest absolute Gasteiger partial charge is 0.399 e. The Morgan fingerprint density at radius 2 is 2.00 bits per heavy atom. The Kier molecular flexibility index (Phi) is 4.42. The molecule has 1 amide bonds. The van der Waals surface area contributed by atoms with E-state index in [1.165, 1.54) is 0 Å². The van der Waals surface area contributed by atoms with Crippen LogP contribution in [0.2, 0.25) is 10.0 Å². The summed E-state index contributed by atoms with van der Waals surface area (Å²) < 4.78 is 0. The van der Waals surface area contributed by atoms with Crippen LogP contribution in [0.5, 0.6) is 0 Å². The Morgan fingerprint density at radius 3 is 2.58 bits per heavy atom. The zero-order chi connectivity index (χ0) is 14.0. The summed E-state index contributed by atoms with van der Waals surface area (Å²) in [6.07, 6.45) is 2.85. The van der Waals surface area contributed by atoms with Gasteiger partial charge in [0.25, 0.3) is 0 Å². The van der Waals surface area contributed by atoms with Crippen LogP contribution in [0.15, 0.2) is 12.1 Å². The molecule has 1 unspecified atom stereocenters. The molecule has 4 nitrogen and oxygen atoms in total. The van der Waals surface area contributed by atoms with Gasteiger partial charge in [-0.25, -0.2) is 0 Å². The molecule has 1 heterocycles. The molecule has 104 valence electrons. The monoisotopic (exact) mass is 301 g/mol. The zero-order valence-corrected chi connectivity index (χ0v) is 12.3. The van der Waals surface area contributed by atoms with E-state index in [2.05, 4.69) is 5.32 Å². The van der Waals surface area contributed by atoms with Crippen LogP contribution in [0.25, 0.3) is 0 Å². The van der Waals surface area contributed by atoms with E-state index in [1.807, 2.05) is 4.90 Å². The van der Waals surface area contributed by atoms with Gasteiger partial charge in [-0.2, -0.15) is 0 Å². The number of piperidine rings is 1. The quantitative estimate of drug-likeness (QED) is 0.826. The second-order valence-corrected chi connectivity index (χ2v) is 5.47. The van der Waals surface area contributed by atoms with Crippen LogP contribution < -0.4 is 16.0 Å². The van der Waals surface area contributed by atoms with Gasteiger partial charge in [0, 0.05) is 19.3 Å². The second-order valence-electron chi connectivity index (χ2n) is 4.65. The van der Waals surface area contributed by atoms with Crippen molar-refractivity contribution < 1.29 is 4.79 Å². The molecule has 0 aliphatic carbocycles. The van der Waals surface area contributed by atoms with Gasteiger partial charge in [0.2, 0.25) is 5.91 Å². The zero-order valence-electron chi connectivity index (χ0n) is 10.7. The maximum Gasteiger partial charge on any atom is 0.242 e. The van der Waals surface area contributed by atoms with Crippen LogP contribution in [0.1, 0.15) is 19.3 Å². The van der Waals surface area contributed by atoms with Crippen molar-refractivity contribution in [1.82, 2.24) is 5.32 Å². The molecule has 1 atom stereocenters. The Bertz CT molecular complexity index is 470. The van der Waals surface area contributed by atoms with Gasteiger partial charge in [-0.05, 0) is 31.4 Å². The van der Waals surface area contributed by atoms with Crippen molar-refractivity contribution in [2.45, 2.75) is 25.3 Å². The highest BCUT2D eigenvalue weighted by Crippen LogP contribution is 2.38. The van der Waals surface area contributed by atoms with Crippen LogP contribution in [0.3, 0.4) is 0 Å². The number of anilines is 2. The lowest BCUT2D eigenvalue weighted by Gasteiger charge is -2.37. The molecule has 1 saturated heterocycles. The Morgan fingerprint density at radius 1 is 1.37 bits per heavy atom. The Labute approximate surface area is 122 Å². The van der Waals surface area contributed by atoms with Crippen LogP contribution >= 0.6 is 23.2 Å². The van der Waals surface area contributed by atoms with E-state index in [-0.39, 0.29) is 11.9 Å². The van der Waals surface area contributed by atoms with Gasteiger partial charge in [-0.15, -0.1) is 0 Å². The lowest BCUT2D eigenvalue weighted by atomic mass is 10.0. The smallest absolute Gasteiger partial charge is 0.242 e. The molecule has 1 aliphatic rings. The van der Waals surface area contributed by atoms with Gasteiger partial charge in [0.1, 0.15) is 6.04 Å². The molecular formula is C13H17Cl2N3O. The van der Waals surface area contributed by atoms with Crippen molar-refractivity contribution >= 4 is 40.5 Å². The number of nitrogens with zero attached hydrogens (tertiary/aromatic N) is 1. The highest BCUT2D eigenvalue weighted by Gasteiger charge is 2.30. The van der Waals surface area contributed by atoms with E-state index in [0.717, 1.165) is 25.8 Å². The molecule has 0 spiro atoms. The van der Waals surface area contributed by atoms with Crippen LogP contribution in [-0.2, 0) is 4.79 Å². The number of nitrogen functional groups attached to an aromatic ring is 1. The summed E-state index contributed by atoms with van der Waals surface area (Å²) in [7, 11) is 1.64. The molecule has 3 N–H and O–H groups in total. The number of nitrogens with two attached hydrogens (primary N) is 1. The number of carbonyl (C=O) groups is 1. The molecule has 0 radical (unpaired) electrons. The van der Waals surface area contributed by atoms with Crippen molar-refractivity contribution in [1.29, 1.82) is 0 Å². The Balaban J connectivity index is 2.40. The first-order valence-corrected chi connectivity index (χ1v) is 7.03. The van der Waals surface area contributed by atoms with Gasteiger partial charge in [-0.1, -0.05) is 23.2 Å². The molecule has 1 aromatic rings. The number of hydrogen-bond donors (Lipinski definition) is 2. The van der Waals surface area contributed by atoms with Crippen molar-refractivity contribution in [2.75, 3.05) is 24.2 Å². The van der Waals surface area contributed by atoms with E-state index in [4.69, 9.17) is 28.9 Å². The van der Waals surface area contributed by atoms with Crippen molar-refractivity contribution in [2.24, 2.45) is 0 Å². The predicted molar refractivity (Wildman–Crippen MR) is 79.9 cm³/mol. The van der Waals surface area contributed by atoms with E-state index in [0.29, 0.717) is 21.4 Å². The lowest BCUT2D eigenvalue weighted by molar-refractivity contribution is -0.122. The third-order valence-electron chi connectivity index (χ3n) is 3.38. The molecule has 1 fully saturated rings. The van der Waals surface area contributed by atoms with E-state index in [1.54, 1.807) is 19.2 Å². The normalized spacial score (nSPS) is 19.3.